The largest absolute Gasteiger partial charge is 0.357 e. The summed E-state index contributed by atoms with van der Waals surface area (Å²) in [6.45, 7) is 0.241. The predicted octanol–water partition coefficient (Wildman–Crippen LogP) is 1.28. The topological polar surface area (TPSA) is 96.0 Å². The molecule has 114 valence electrons. The van der Waals surface area contributed by atoms with E-state index in [0.717, 1.165) is 5.69 Å². The molecule has 2 aromatic rings. The van der Waals surface area contributed by atoms with Crippen molar-refractivity contribution in [2.75, 3.05) is 24.2 Å². The lowest BCUT2D eigenvalue weighted by Gasteiger charge is -2.06. The number of nitrogens with one attached hydrogen (secondary N) is 3. The van der Waals surface area contributed by atoms with Crippen LogP contribution in [0.5, 0.6) is 0 Å². The van der Waals surface area contributed by atoms with E-state index in [9.17, 15) is 9.59 Å². The highest BCUT2D eigenvalue weighted by atomic mass is 16.2. The molecule has 1 aromatic carbocycles. The summed E-state index contributed by atoms with van der Waals surface area (Å²) in [4.78, 5) is 31.5. The van der Waals surface area contributed by atoms with Gasteiger partial charge in [0, 0.05) is 38.1 Å². The van der Waals surface area contributed by atoms with E-state index in [-0.39, 0.29) is 24.8 Å². The monoisotopic (exact) mass is 299 g/mol. The Morgan fingerprint density at radius 2 is 1.77 bits per heavy atom. The lowest BCUT2D eigenvalue weighted by Crippen LogP contribution is -2.27. The van der Waals surface area contributed by atoms with Crippen LogP contribution in [-0.4, -0.2) is 35.4 Å². The second-order valence-corrected chi connectivity index (χ2v) is 4.47. The van der Waals surface area contributed by atoms with Gasteiger partial charge in [-0.25, -0.2) is 9.97 Å². The van der Waals surface area contributed by atoms with E-state index in [4.69, 9.17) is 0 Å². The summed E-state index contributed by atoms with van der Waals surface area (Å²) < 4.78 is 0. The average molecular weight is 299 g/mol. The van der Waals surface area contributed by atoms with Crippen molar-refractivity contribution in [2.24, 2.45) is 0 Å². The molecule has 1 heterocycles. The van der Waals surface area contributed by atoms with E-state index in [1.165, 1.54) is 12.4 Å². The molecule has 0 saturated carbocycles. The van der Waals surface area contributed by atoms with Crippen LogP contribution >= 0.6 is 0 Å². The molecule has 7 heteroatoms. The molecule has 0 spiro atoms. The minimum Gasteiger partial charge on any atom is -0.357 e. The SMILES string of the molecule is CNc1ncc(C(=O)NCCC(=O)Nc2ccccc2)cn1. The van der Waals surface area contributed by atoms with Gasteiger partial charge in [-0.1, -0.05) is 18.2 Å². The van der Waals surface area contributed by atoms with Crippen molar-refractivity contribution < 1.29 is 9.59 Å². The van der Waals surface area contributed by atoms with Gasteiger partial charge >= 0.3 is 0 Å². The van der Waals surface area contributed by atoms with Crippen LogP contribution in [0.1, 0.15) is 16.8 Å². The Kier molecular flexibility index (Phi) is 5.42. The van der Waals surface area contributed by atoms with Gasteiger partial charge in [0.15, 0.2) is 0 Å². The van der Waals surface area contributed by atoms with E-state index in [0.29, 0.717) is 11.5 Å². The Hall–Kier alpha value is -2.96. The second kappa shape index (κ2) is 7.72. The molecule has 0 aliphatic carbocycles. The lowest BCUT2D eigenvalue weighted by atomic mass is 10.3. The van der Waals surface area contributed by atoms with Gasteiger partial charge in [-0.3, -0.25) is 9.59 Å². The van der Waals surface area contributed by atoms with Crippen molar-refractivity contribution in [1.82, 2.24) is 15.3 Å². The average Bonchev–Trinajstić information content (AvgIpc) is 2.55. The molecule has 0 atom stereocenters. The Labute approximate surface area is 128 Å². The maximum atomic E-state index is 11.8. The number of nitrogens with zero attached hydrogens (tertiary/aromatic N) is 2. The van der Waals surface area contributed by atoms with Crippen LogP contribution in [0.3, 0.4) is 0 Å². The van der Waals surface area contributed by atoms with E-state index in [2.05, 4.69) is 25.9 Å². The molecule has 1 aromatic heterocycles. The molecular weight excluding hydrogens is 282 g/mol. The molecule has 2 rings (SSSR count). The third kappa shape index (κ3) is 4.55. The quantitative estimate of drug-likeness (QED) is 0.746. The molecule has 0 bridgehead atoms. The van der Waals surface area contributed by atoms with E-state index < -0.39 is 0 Å². The number of benzene rings is 1. The van der Waals surface area contributed by atoms with Gasteiger partial charge in [0.05, 0.1) is 5.56 Å². The highest BCUT2D eigenvalue weighted by Gasteiger charge is 2.08. The first-order chi connectivity index (χ1) is 10.7. The zero-order valence-corrected chi connectivity index (χ0v) is 12.2. The van der Waals surface area contributed by atoms with Gasteiger partial charge in [0.25, 0.3) is 5.91 Å². The van der Waals surface area contributed by atoms with Crippen molar-refractivity contribution in [1.29, 1.82) is 0 Å². The molecule has 3 N–H and O–H groups in total. The van der Waals surface area contributed by atoms with Crippen molar-refractivity contribution in [3.05, 3.63) is 48.3 Å². The molecule has 7 nitrogen and oxygen atoms in total. The van der Waals surface area contributed by atoms with Crippen molar-refractivity contribution in [2.45, 2.75) is 6.42 Å². The van der Waals surface area contributed by atoms with Crippen LogP contribution in [-0.2, 0) is 4.79 Å². The number of carbonyl (C=O) groups excluding carboxylic acids is 2. The smallest absolute Gasteiger partial charge is 0.254 e. The Morgan fingerprint density at radius 3 is 2.41 bits per heavy atom. The van der Waals surface area contributed by atoms with Crippen molar-refractivity contribution >= 4 is 23.5 Å². The summed E-state index contributed by atoms with van der Waals surface area (Å²) in [5.74, 6) is -0.0257. The lowest BCUT2D eigenvalue weighted by molar-refractivity contribution is -0.116. The third-order valence-electron chi connectivity index (χ3n) is 2.83. The Balaban J connectivity index is 1.75. The van der Waals surface area contributed by atoms with Crippen LogP contribution in [0.15, 0.2) is 42.7 Å². The third-order valence-corrected chi connectivity index (χ3v) is 2.83. The molecule has 0 fully saturated rings. The van der Waals surface area contributed by atoms with Crippen molar-refractivity contribution in [3.63, 3.8) is 0 Å². The summed E-state index contributed by atoms with van der Waals surface area (Å²) in [7, 11) is 1.69. The maximum absolute atomic E-state index is 11.8. The summed E-state index contributed by atoms with van der Waals surface area (Å²) in [6.07, 6.45) is 3.05. The van der Waals surface area contributed by atoms with Gasteiger partial charge < -0.3 is 16.0 Å². The summed E-state index contributed by atoms with van der Waals surface area (Å²) >= 11 is 0. The predicted molar refractivity (Wildman–Crippen MR) is 83.6 cm³/mol. The highest BCUT2D eigenvalue weighted by molar-refractivity contribution is 5.94. The van der Waals surface area contributed by atoms with Crippen molar-refractivity contribution in [3.8, 4) is 0 Å². The number of amides is 2. The number of aromatic nitrogens is 2. The minimum atomic E-state index is -0.310. The summed E-state index contributed by atoms with van der Waals surface area (Å²) in [5, 5.41) is 8.17. The zero-order valence-electron chi connectivity index (χ0n) is 12.2. The normalized spacial score (nSPS) is 9.86. The second-order valence-electron chi connectivity index (χ2n) is 4.47. The molecule has 22 heavy (non-hydrogen) atoms. The van der Waals surface area contributed by atoms with Gasteiger partial charge in [-0.2, -0.15) is 0 Å². The first kappa shape index (κ1) is 15.4. The molecule has 0 radical (unpaired) electrons. The van der Waals surface area contributed by atoms with Crippen LogP contribution in [0.2, 0.25) is 0 Å². The fourth-order valence-electron chi connectivity index (χ4n) is 1.71. The first-order valence-electron chi connectivity index (χ1n) is 6.82. The fourth-order valence-corrected chi connectivity index (χ4v) is 1.71. The highest BCUT2D eigenvalue weighted by Crippen LogP contribution is 2.05. The molecule has 0 saturated heterocycles. The first-order valence-corrected chi connectivity index (χ1v) is 6.82. The number of para-hydroxylation sites is 1. The molecule has 0 aliphatic rings. The number of carbonyl (C=O) groups is 2. The summed E-state index contributed by atoms with van der Waals surface area (Å²) in [6, 6.07) is 9.16. The molecular formula is C15H17N5O2. The zero-order chi connectivity index (χ0) is 15.8. The maximum Gasteiger partial charge on any atom is 0.254 e. The molecule has 0 unspecified atom stereocenters. The number of hydrogen-bond acceptors (Lipinski definition) is 5. The number of anilines is 2. The van der Waals surface area contributed by atoms with Gasteiger partial charge in [-0.15, -0.1) is 0 Å². The van der Waals surface area contributed by atoms with E-state index >= 15 is 0 Å². The van der Waals surface area contributed by atoms with Crippen LogP contribution in [0.25, 0.3) is 0 Å². The Bertz CT molecular complexity index is 628. The Morgan fingerprint density at radius 1 is 1.09 bits per heavy atom. The van der Waals surface area contributed by atoms with E-state index in [1.54, 1.807) is 19.2 Å². The minimum absolute atomic E-state index is 0.159. The summed E-state index contributed by atoms with van der Waals surface area (Å²) in [5.41, 5.74) is 1.08. The standard InChI is InChI=1S/C15H17N5O2/c1-16-15-18-9-11(10-19-15)14(22)17-8-7-13(21)20-12-5-3-2-4-6-12/h2-6,9-10H,7-8H2,1H3,(H,17,22)(H,20,21)(H,16,18,19). The van der Waals surface area contributed by atoms with Crippen LogP contribution in [0, 0.1) is 0 Å². The number of hydrogen-bond donors (Lipinski definition) is 3. The van der Waals surface area contributed by atoms with Crippen LogP contribution in [0.4, 0.5) is 11.6 Å². The van der Waals surface area contributed by atoms with Gasteiger partial charge in [0.2, 0.25) is 11.9 Å². The van der Waals surface area contributed by atoms with Gasteiger partial charge in [-0.05, 0) is 12.1 Å². The molecule has 2 amide bonds. The molecule has 0 aliphatic heterocycles. The van der Waals surface area contributed by atoms with Crippen LogP contribution < -0.4 is 16.0 Å². The van der Waals surface area contributed by atoms with Gasteiger partial charge in [0.1, 0.15) is 0 Å². The fraction of sp³-hybridized carbons (Fsp3) is 0.200. The number of rotatable bonds is 6. The van der Waals surface area contributed by atoms with E-state index in [1.807, 2.05) is 18.2 Å².